The number of nitrogens with zero attached hydrogens (tertiary/aromatic N) is 4. The van der Waals surface area contributed by atoms with Gasteiger partial charge in [0.25, 0.3) is 0 Å². The molecule has 9 heteroatoms. The molecule has 1 saturated heterocycles. The fourth-order valence-electron chi connectivity index (χ4n) is 4.67. The first-order valence-electron chi connectivity index (χ1n) is 10.4. The third-order valence-electron chi connectivity index (χ3n) is 6.15. The van der Waals surface area contributed by atoms with Gasteiger partial charge in [0, 0.05) is 62.0 Å². The van der Waals surface area contributed by atoms with E-state index in [2.05, 4.69) is 31.2 Å². The van der Waals surface area contributed by atoms with Crippen molar-refractivity contribution >= 4 is 33.3 Å². The third kappa shape index (κ3) is 2.95. The molecule has 32 heavy (non-hydrogen) atoms. The SMILES string of the molecule is CNc1cc(F)c(F)c2c1[nH]c1ncc(-c3cncc(C#N)c3)c(N3CCC[C@H]3CN)c12. The molecule has 0 amide bonds. The van der Waals surface area contributed by atoms with Gasteiger partial charge in [0.15, 0.2) is 11.6 Å². The summed E-state index contributed by atoms with van der Waals surface area (Å²) in [5.74, 6) is -1.87. The minimum absolute atomic E-state index is 0.0526. The lowest BCUT2D eigenvalue weighted by molar-refractivity contribution is 0.518. The van der Waals surface area contributed by atoms with E-state index in [9.17, 15) is 9.65 Å². The van der Waals surface area contributed by atoms with E-state index in [1.165, 1.54) is 6.20 Å². The number of pyridine rings is 2. The predicted octanol–water partition coefficient (Wildman–Crippen LogP) is 3.90. The summed E-state index contributed by atoms with van der Waals surface area (Å²) in [6.07, 6.45) is 6.64. The van der Waals surface area contributed by atoms with Crippen molar-refractivity contribution < 1.29 is 8.78 Å². The number of nitrogens with one attached hydrogen (secondary N) is 2. The number of fused-ring (bicyclic) bond motifs is 3. The lowest BCUT2D eigenvalue weighted by Gasteiger charge is -2.29. The Bertz CT molecular complexity index is 1390. The smallest absolute Gasteiger partial charge is 0.169 e. The normalized spacial score (nSPS) is 16.1. The van der Waals surface area contributed by atoms with E-state index in [4.69, 9.17) is 5.73 Å². The van der Waals surface area contributed by atoms with Crippen molar-refractivity contribution in [3.05, 3.63) is 47.9 Å². The third-order valence-corrected chi connectivity index (χ3v) is 6.15. The zero-order valence-electron chi connectivity index (χ0n) is 17.4. The van der Waals surface area contributed by atoms with Crippen LogP contribution in [0.5, 0.6) is 0 Å². The summed E-state index contributed by atoms with van der Waals surface area (Å²) in [7, 11) is 1.65. The molecule has 0 bridgehead atoms. The number of halogens is 2. The number of nitrogens with two attached hydrogens (primary N) is 1. The van der Waals surface area contributed by atoms with Gasteiger partial charge in [-0.2, -0.15) is 5.26 Å². The van der Waals surface area contributed by atoms with Crippen molar-refractivity contribution in [2.45, 2.75) is 18.9 Å². The fourth-order valence-corrected chi connectivity index (χ4v) is 4.67. The highest BCUT2D eigenvalue weighted by Gasteiger charge is 2.30. The van der Waals surface area contributed by atoms with Crippen molar-refractivity contribution in [2.75, 3.05) is 30.4 Å². The zero-order chi connectivity index (χ0) is 22.4. The van der Waals surface area contributed by atoms with E-state index in [-0.39, 0.29) is 11.4 Å². The Labute approximate surface area is 182 Å². The summed E-state index contributed by atoms with van der Waals surface area (Å²) in [6.45, 7) is 1.16. The molecule has 0 spiro atoms. The molecule has 1 atom stereocenters. The van der Waals surface area contributed by atoms with Gasteiger partial charge in [-0.1, -0.05) is 0 Å². The Hall–Kier alpha value is -3.77. The van der Waals surface area contributed by atoms with E-state index in [0.717, 1.165) is 31.1 Å². The van der Waals surface area contributed by atoms with Crippen molar-refractivity contribution in [2.24, 2.45) is 5.73 Å². The Morgan fingerprint density at radius 3 is 2.88 bits per heavy atom. The van der Waals surface area contributed by atoms with Crippen LogP contribution in [0.4, 0.5) is 20.2 Å². The number of hydrogen-bond acceptors (Lipinski definition) is 6. The Kier molecular flexibility index (Phi) is 4.87. The van der Waals surface area contributed by atoms with Crippen LogP contribution in [0.3, 0.4) is 0 Å². The van der Waals surface area contributed by atoms with Crippen molar-refractivity contribution in [3.63, 3.8) is 0 Å². The highest BCUT2D eigenvalue weighted by molar-refractivity contribution is 6.18. The zero-order valence-corrected chi connectivity index (χ0v) is 17.4. The van der Waals surface area contributed by atoms with E-state index in [1.54, 1.807) is 25.5 Å². The summed E-state index contributed by atoms with van der Waals surface area (Å²) in [6, 6.07) is 5.00. The van der Waals surface area contributed by atoms with Crippen LogP contribution in [-0.4, -0.2) is 41.1 Å². The quantitative estimate of drug-likeness (QED) is 0.451. The lowest BCUT2D eigenvalue weighted by Crippen LogP contribution is -2.35. The summed E-state index contributed by atoms with van der Waals surface area (Å²) in [4.78, 5) is 14.0. The van der Waals surface area contributed by atoms with Crippen LogP contribution in [0, 0.1) is 23.0 Å². The Morgan fingerprint density at radius 1 is 1.28 bits per heavy atom. The topological polar surface area (TPSA) is 107 Å². The van der Waals surface area contributed by atoms with Gasteiger partial charge in [-0.05, 0) is 18.9 Å². The highest BCUT2D eigenvalue weighted by atomic mass is 19.2. The van der Waals surface area contributed by atoms with Crippen LogP contribution >= 0.6 is 0 Å². The number of H-pyrrole nitrogens is 1. The molecule has 1 aliphatic rings. The second-order valence-corrected chi connectivity index (χ2v) is 7.89. The molecule has 7 nitrogen and oxygen atoms in total. The predicted molar refractivity (Wildman–Crippen MR) is 120 cm³/mol. The molecule has 3 aromatic heterocycles. The highest BCUT2D eigenvalue weighted by Crippen LogP contribution is 2.44. The second-order valence-electron chi connectivity index (χ2n) is 7.89. The van der Waals surface area contributed by atoms with Gasteiger partial charge < -0.3 is 20.9 Å². The van der Waals surface area contributed by atoms with E-state index < -0.39 is 11.6 Å². The lowest BCUT2D eigenvalue weighted by atomic mass is 10.0. The molecule has 0 saturated carbocycles. The monoisotopic (exact) mass is 433 g/mol. The summed E-state index contributed by atoms with van der Waals surface area (Å²) in [5, 5.41) is 12.9. The Morgan fingerprint density at radius 2 is 2.12 bits per heavy atom. The molecule has 1 aromatic carbocycles. The second kappa shape index (κ2) is 7.73. The summed E-state index contributed by atoms with van der Waals surface area (Å²) in [5.41, 5.74) is 9.89. The van der Waals surface area contributed by atoms with Crippen molar-refractivity contribution in [1.82, 2.24) is 15.0 Å². The van der Waals surface area contributed by atoms with Gasteiger partial charge in [-0.3, -0.25) is 4.98 Å². The van der Waals surface area contributed by atoms with Crippen LogP contribution in [-0.2, 0) is 0 Å². The summed E-state index contributed by atoms with van der Waals surface area (Å²) >= 11 is 0. The minimum atomic E-state index is -0.941. The molecule has 4 N–H and O–H groups in total. The number of anilines is 2. The van der Waals surface area contributed by atoms with Gasteiger partial charge in [0.1, 0.15) is 11.7 Å². The van der Waals surface area contributed by atoms with Gasteiger partial charge in [-0.25, -0.2) is 13.8 Å². The molecular formula is C23H21F2N7. The number of hydrogen-bond donors (Lipinski definition) is 3. The molecule has 5 rings (SSSR count). The summed E-state index contributed by atoms with van der Waals surface area (Å²) < 4.78 is 29.8. The first kappa shape index (κ1) is 20.2. The molecular weight excluding hydrogens is 412 g/mol. The average molecular weight is 433 g/mol. The van der Waals surface area contributed by atoms with Gasteiger partial charge in [-0.15, -0.1) is 0 Å². The molecule has 0 aliphatic carbocycles. The largest absolute Gasteiger partial charge is 0.386 e. The average Bonchev–Trinajstić information content (AvgIpc) is 3.45. The first-order chi connectivity index (χ1) is 15.6. The molecule has 1 fully saturated rings. The van der Waals surface area contributed by atoms with Crippen LogP contribution in [0.1, 0.15) is 18.4 Å². The first-order valence-corrected chi connectivity index (χ1v) is 10.4. The number of aromatic nitrogens is 3. The molecule has 0 radical (unpaired) electrons. The van der Waals surface area contributed by atoms with Crippen LogP contribution in [0.2, 0.25) is 0 Å². The number of aromatic amines is 1. The van der Waals surface area contributed by atoms with Crippen LogP contribution in [0.25, 0.3) is 33.1 Å². The molecule has 0 unspecified atom stereocenters. The fraction of sp³-hybridized carbons (Fsp3) is 0.261. The standard InChI is InChI=1S/C23H21F2N7/c1-28-17-6-16(24)20(25)18-19-22(32-4-2-3-14(32)8-27)15(11-30-23(19)31-21(17)18)13-5-12(7-26)9-29-10-13/h5-6,9-11,14,28H,2-4,8,27H2,1H3,(H,30,31)/t14-/m0/s1. The molecule has 4 aromatic rings. The van der Waals surface area contributed by atoms with Gasteiger partial charge >= 0.3 is 0 Å². The van der Waals surface area contributed by atoms with Crippen molar-refractivity contribution in [3.8, 4) is 17.2 Å². The molecule has 4 heterocycles. The number of nitriles is 1. The minimum Gasteiger partial charge on any atom is -0.386 e. The van der Waals surface area contributed by atoms with Crippen LogP contribution < -0.4 is 16.0 Å². The maximum atomic E-state index is 15.2. The van der Waals surface area contributed by atoms with E-state index in [0.29, 0.717) is 45.5 Å². The van der Waals surface area contributed by atoms with Crippen molar-refractivity contribution in [1.29, 1.82) is 5.26 Å². The van der Waals surface area contributed by atoms with Crippen LogP contribution in [0.15, 0.2) is 30.7 Å². The maximum Gasteiger partial charge on any atom is 0.169 e. The number of rotatable bonds is 4. The van der Waals surface area contributed by atoms with Gasteiger partial charge in [0.2, 0.25) is 0 Å². The molecule has 1 aliphatic heterocycles. The molecule has 162 valence electrons. The Balaban J connectivity index is 1.93. The van der Waals surface area contributed by atoms with Gasteiger partial charge in [0.05, 0.1) is 33.2 Å². The van der Waals surface area contributed by atoms with E-state index in [1.807, 2.05) is 0 Å². The maximum absolute atomic E-state index is 15.2. The number of benzene rings is 1. The van der Waals surface area contributed by atoms with E-state index >= 15 is 4.39 Å².